The number of thiol groups is 1. The number of benzene rings is 1. The number of rotatable bonds is 14. The van der Waals surface area contributed by atoms with E-state index in [0.29, 0.717) is 19.8 Å². The summed E-state index contributed by atoms with van der Waals surface area (Å²) in [6.07, 6.45) is 7.70. The van der Waals surface area contributed by atoms with Crippen molar-refractivity contribution in [2.24, 2.45) is 0 Å². The van der Waals surface area contributed by atoms with E-state index in [1.807, 2.05) is 24.3 Å². The van der Waals surface area contributed by atoms with Gasteiger partial charge in [-0.25, -0.2) is 0 Å². The molecule has 0 N–H and O–H groups in total. The number of unbranched alkanes of at least 4 members (excludes halogenated alkanes) is 5. The van der Waals surface area contributed by atoms with Crippen molar-refractivity contribution in [2.75, 3.05) is 32.2 Å². The summed E-state index contributed by atoms with van der Waals surface area (Å²) >= 11 is 4.08. The van der Waals surface area contributed by atoms with Crippen LogP contribution >= 0.6 is 12.6 Å². The Bertz CT molecular complexity index is 354. The highest BCUT2D eigenvalue weighted by atomic mass is 32.1. The van der Waals surface area contributed by atoms with Gasteiger partial charge in [-0.2, -0.15) is 12.6 Å². The first kappa shape index (κ1) is 19.2. The molecule has 0 radical (unpaired) electrons. The summed E-state index contributed by atoms with van der Waals surface area (Å²) in [5, 5.41) is 0. The van der Waals surface area contributed by atoms with E-state index in [2.05, 4.69) is 19.6 Å². The Morgan fingerprint density at radius 2 is 1.32 bits per heavy atom. The van der Waals surface area contributed by atoms with Crippen molar-refractivity contribution >= 4 is 12.6 Å². The molecule has 0 atom stereocenters. The van der Waals surface area contributed by atoms with Crippen LogP contribution in [0.5, 0.6) is 11.5 Å². The van der Waals surface area contributed by atoms with Crippen LogP contribution in [-0.2, 0) is 4.74 Å². The Morgan fingerprint density at radius 3 is 1.95 bits per heavy atom. The van der Waals surface area contributed by atoms with Gasteiger partial charge in [-0.05, 0) is 30.7 Å². The molecule has 0 aliphatic carbocycles. The molecule has 0 saturated carbocycles. The minimum Gasteiger partial charge on any atom is -0.494 e. The maximum atomic E-state index is 5.74. The molecule has 0 bridgehead atoms. The molecule has 4 heteroatoms. The smallest absolute Gasteiger partial charge is 0.119 e. The van der Waals surface area contributed by atoms with Crippen LogP contribution in [0, 0.1) is 0 Å². The molecular weight excluding hydrogens is 296 g/mol. The maximum Gasteiger partial charge on any atom is 0.119 e. The normalized spacial score (nSPS) is 10.6. The van der Waals surface area contributed by atoms with Crippen molar-refractivity contribution in [2.45, 2.75) is 45.4 Å². The summed E-state index contributed by atoms with van der Waals surface area (Å²) < 4.78 is 16.6. The van der Waals surface area contributed by atoms with Crippen LogP contribution in [0.1, 0.15) is 45.4 Å². The third-order valence-corrected chi connectivity index (χ3v) is 3.50. The van der Waals surface area contributed by atoms with Crippen molar-refractivity contribution in [3.05, 3.63) is 24.3 Å². The number of hydrogen-bond donors (Lipinski definition) is 1. The van der Waals surface area contributed by atoms with Crippen molar-refractivity contribution in [1.82, 2.24) is 0 Å². The topological polar surface area (TPSA) is 27.7 Å². The SMILES string of the molecule is CCCCCCCCOc1ccc(OCCOCCS)cc1. The molecule has 126 valence electrons. The zero-order valence-electron chi connectivity index (χ0n) is 13.8. The second-order valence-corrected chi connectivity index (χ2v) is 5.72. The molecule has 0 unspecified atom stereocenters. The zero-order valence-corrected chi connectivity index (χ0v) is 14.7. The van der Waals surface area contributed by atoms with E-state index in [9.17, 15) is 0 Å². The van der Waals surface area contributed by atoms with Crippen LogP contribution in [0.4, 0.5) is 0 Å². The number of ether oxygens (including phenoxy) is 3. The van der Waals surface area contributed by atoms with Crippen molar-refractivity contribution in [1.29, 1.82) is 0 Å². The minimum atomic E-state index is 0.561. The molecular formula is C18H30O3S. The van der Waals surface area contributed by atoms with Gasteiger partial charge in [0.25, 0.3) is 0 Å². The maximum absolute atomic E-state index is 5.74. The molecule has 0 aliphatic rings. The lowest BCUT2D eigenvalue weighted by molar-refractivity contribution is 0.112. The average Bonchev–Trinajstić information content (AvgIpc) is 2.55. The predicted molar refractivity (Wildman–Crippen MR) is 95.5 cm³/mol. The fourth-order valence-electron chi connectivity index (χ4n) is 2.09. The Morgan fingerprint density at radius 1 is 0.727 bits per heavy atom. The summed E-state index contributed by atoms with van der Waals surface area (Å²) in [5.41, 5.74) is 0. The first-order valence-electron chi connectivity index (χ1n) is 8.41. The van der Waals surface area contributed by atoms with Crippen molar-refractivity contribution < 1.29 is 14.2 Å². The Hall–Kier alpha value is -0.870. The van der Waals surface area contributed by atoms with E-state index in [-0.39, 0.29) is 0 Å². The molecule has 3 nitrogen and oxygen atoms in total. The molecule has 1 rings (SSSR count). The van der Waals surface area contributed by atoms with Gasteiger partial charge in [-0.3, -0.25) is 0 Å². The lowest BCUT2D eigenvalue weighted by Crippen LogP contribution is -2.08. The summed E-state index contributed by atoms with van der Waals surface area (Å²) in [4.78, 5) is 0. The van der Waals surface area contributed by atoms with Crippen molar-refractivity contribution in [3.8, 4) is 11.5 Å². The Labute approximate surface area is 140 Å². The summed E-state index contributed by atoms with van der Waals surface area (Å²) in [6.45, 7) is 4.86. The quantitative estimate of drug-likeness (QED) is 0.395. The van der Waals surface area contributed by atoms with Gasteiger partial charge in [-0.15, -0.1) is 0 Å². The van der Waals surface area contributed by atoms with Crippen LogP contribution in [0.25, 0.3) is 0 Å². The summed E-state index contributed by atoms with van der Waals surface area (Å²) in [6, 6.07) is 7.80. The third kappa shape index (κ3) is 9.96. The summed E-state index contributed by atoms with van der Waals surface area (Å²) in [5.74, 6) is 2.50. The lowest BCUT2D eigenvalue weighted by atomic mass is 10.1. The Kier molecular flexibility index (Phi) is 12.0. The fraction of sp³-hybridized carbons (Fsp3) is 0.667. The van der Waals surface area contributed by atoms with Gasteiger partial charge in [0.1, 0.15) is 18.1 Å². The molecule has 0 amide bonds. The third-order valence-electron chi connectivity index (χ3n) is 3.32. The van der Waals surface area contributed by atoms with Gasteiger partial charge >= 0.3 is 0 Å². The highest BCUT2D eigenvalue weighted by molar-refractivity contribution is 7.80. The van der Waals surface area contributed by atoms with Crippen LogP contribution in [-0.4, -0.2) is 32.2 Å². The van der Waals surface area contributed by atoms with Gasteiger partial charge < -0.3 is 14.2 Å². The molecule has 22 heavy (non-hydrogen) atoms. The molecule has 1 aromatic carbocycles. The van der Waals surface area contributed by atoms with Gasteiger partial charge in [0, 0.05) is 5.75 Å². The van der Waals surface area contributed by atoms with Gasteiger partial charge in [-0.1, -0.05) is 39.0 Å². The van der Waals surface area contributed by atoms with E-state index >= 15 is 0 Å². The van der Waals surface area contributed by atoms with Crippen LogP contribution < -0.4 is 9.47 Å². The molecule has 0 aromatic heterocycles. The van der Waals surface area contributed by atoms with Gasteiger partial charge in [0.05, 0.1) is 19.8 Å². The van der Waals surface area contributed by atoms with Crippen LogP contribution in [0.15, 0.2) is 24.3 Å². The molecule has 0 spiro atoms. The average molecular weight is 327 g/mol. The number of hydrogen-bond acceptors (Lipinski definition) is 4. The van der Waals surface area contributed by atoms with E-state index in [1.165, 1.54) is 32.1 Å². The zero-order chi connectivity index (χ0) is 15.9. The molecule has 1 aromatic rings. The van der Waals surface area contributed by atoms with Gasteiger partial charge in [0.2, 0.25) is 0 Å². The van der Waals surface area contributed by atoms with E-state index < -0.39 is 0 Å². The van der Waals surface area contributed by atoms with E-state index in [1.54, 1.807) is 0 Å². The largest absolute Gasteiger partial charge is 0.494 e. The lowest BCUT2D eigenvalue weighted by Gasteiger charge is -2.09. The first-order chi connectivity index (χ1) is 10.9. The molecule has 0 heterocycles. The monoisotopic (exact) mass is 326 g/mol. The van der Waals surface area contributed by atoms with Crippen LogP contribution in [0.2, 0.25) is 0 Å². The van der Waals surface area contributed by atoms with Crippen molar-refractivity contribution in [3.63, 3.8) is 0 Å². The first-order valence-corrected chi connectivity index (χ1v) is 9.04. The highest BCUT2D eigenvalue weighted by Crippen LogP contribution is 2.18. The predicted octanol–water partition coefficient (Wildman–Crippen LogP) is 4.75. The fourth-order valence-corrected chi connectivity index (χ4v) is 2.22. The van der Waals surface area contributed by atoms with E-state index in [4.69, 9.17) is 14.2 Å². The minimum absolute atomic E-state index is 0.561. The molecule has 0 fully saturated rings. The molecule has 0 aliphatic heterocycles. The van der Waals surface area contributed by atoms with Crippen LogP contribution in [0.3, 0.4) is 0 Å². The second-order valence-electron chi connectivity index (χ2n) is 5.27. The summed E-state index contributed by atoms with van der Waals surface area (Å²) in [7, 11) is 0. The van der Waals surface area contributed by atoms with Gasteiger partial charge in [0.15, 0.2) is 0 Å². The van der Waals surface area contributed by atoms with E-state index in [0.717, 1.165) is 30.3 Å². The Balaban J connectivity index is 2.06. The highest BCUT2D eigenvalue weighted by Gasteiger charge is 1.97. The molecule has 0 saturated heterocycles. The standard InChI is InChI=1S/C18H30O3S/c1-2-3-4-5-6-7-12-20-17-8-10-18(11-9-17)21-14-13-19-15-16-22/h8-11,22H,2-7,12-16H2,1H3. The second kappa shape index (κ2) is 13.8.